The molecule has 4 aliphatic rings. The lowest BCUT2D eigenvalue weighted by Crippen LogP contribution is -2.68. The van der Waals surface area contributed by atoms with Gasteiger partial charge in [0.25, 0.3) is 5.97 Å². The number of rotatable bonds is 11. The predicted molar refractivity (Wildman–Crippen MR) is 199 cm³/mol. The van der Waals surface area contributed by atoms with Crippen molar-refractivity contribution in [1.82, 2.24) is 4.90 Å². The maximum absolute atomic E-state index is 14.0. The van der Waals surface area contributed by atoms with Crippen LogP contribution in [0.25, 0.3) is 0 Å². The van der Waals surface area contributed by atoms with Gasteiger partial charge in [-0.3, -0.25) is 9.59 Å². The number of hydrogen-bond donors (Lipinski definition) is 2. The molecule has 12 heteroatoms. The lowest BCUT2D eigenvalue weighted by molar-refractivity contribution is -0.466. The third-order valence-electron chi connectivity index (χ3n) is 11.2. The van der Waals surface area contributed by atoms with Crippen molar-refractivity contribution < 1.29 is 47.9 Å². The Hall–Kier alpha value is -4.33. The zero-order valence-corrected chi connectivity index (χ0v) is 32.0. The number of benzene rings is 2. The van der Waals surface area contributed by atoms with Crippen molar-refractivity contribution in [2.45, 2.75) is 82.8 Å². The van der Waals surface area contributed by atoms with Crippen LogP contribution in [0.4, 0.5) is 4.79 Å². The predicted octanol–water partition coefficient (Wildman–Crippen LogP) is 5.06. The van der Waals surface area contributed by atoms with Crippen molar-refractivity contribution in [2.24, 2.45) is 23.5 Å². The first-order chi connectivity index (χ1) is 25.6. The number of aliphatic hydroxyl groups is 1. The molecule has 8 atom stereocenters. The van der Waals surface area contributed by atoms with Gasteiger partial charge in [-0.25, -0.2) is 4.79 Å². The fourth-order valence-electron chi connectivity index (χ4n) is 8.60. The minimum absolute atomic E-state index is 0.0540. The molecule has 1 spiro atoms. The minimum Gasteiger partial charge on any atom is -0.493 e. The molecule has 0 saturated carbocycles. The molecule has 2 heterocycles. The molecule has 290 valence electrons. The number of methoxy groups -OCH3 is 1. The SMILES string of the molecule is C=C(C)[C@H]1C[C@@H](C)C23O[C@](Cc4ccccc4)(OC(C)C2C=C(COC(=O)Cc2ccc(OC(=O)N(C)CCN)c(OC)c2)CC2(O)C(=O)C(C)=CC23)O1. The van der Waals surface area contributed by atoms with Crippen LogP contribution in [-0.4, -0.2) is 91.1 Å². The highest BCUT2D eigenvalue weighted by Gasteiger charge is 2.70. The van der Waals surface area contributed by atoms with Gasteiger partial charge in [-0.15, -0.1) is 0 Å². The van der Waals surface area contributed by atoms with E-state index in [0.29, 0.717) is 29.7 Å². The molecular formula is C42H52N2O10. The molecule has 2 saturated heterocycles. The molecule has 2 aromatic carbocycles. The summed E-state index contributed by atoms with van der Waals surface area (Å²) in [5, 5.41) is 12.6. The lowest BCUT2D eigenvalue weighted by Gasteiger charge is -2.57. The molecule has 3 N–H and O–H groups in total. The van der Waals surface area contributed by atoms with Crippen LogP contribution in [0, 0.1) is 17.8 Å². The molecule has 2 fully saturated rings. The van der Waals surface area contributed by atoms with Crippen molar-refractivity contribution in [2.75, 3.05) is 33.9 Å². The molecule has 12 nitrogen and oxygen atoms in total. The molecule has 6 rings (SSSR count). The van der Waals surface area contributed by atoms with E-state index >= 15 is 0 Å². The van der Waals surface area contributed by atoms with E-state index in [0.717, 1.165) is 11.1 Å². The van der Waals surface area contributed by atoms with Crippen molar-refractivity contribution in [3.63, 3.8) is 0 Å². The first-order valence-electron chi connectivity index (χ1n) is 18.5. The summed E-state index contributed by atoms with van der Waals surface area (Å²) in [6.07, 6.45) is 2.98. The second-order valence-electron chi connectivity index (χ2n) is 15.2. The Kier molecular flexibility index (Phi) is 11.2. The van der Waals surface area contributed by atoms with Crippen molar-refractivity contribution in [1.29, 1.82) is 0 Å². The van der Waals surface area contributed by atoms with Gasteiger partial charge in [0.05, 0.1) is 37.8 Å². The Bertz CT molecular complexity index is 1840. The summed E-state index contributed by atoms with van der Waals surface area (Å²) in [5.74, 6) is -3.40. The highest BCUT2D eigenvalue weighted by molar-refractivity contribution is 6.04. The Balaban J connectivity index is 1.29. The van der Waals surface area contributed by atoms with E-state index < -0.39 is 53.3 Å². The summed E-state index contributed by atoms with van der Waals surface area (Å²) in [6, 6.07) is 14.6. The molecule has 1 amide bonds. The second-order valence-corrected chi connectivity index (χ2v) is 15.2. The third kappa shape index (κ3) is 7.37. The van der Waals surface area contributed by atoms with E-state index in [1.54, 1.807) is 32.2 Å². The largest absolute Gasteiger partial charge is 0.493 e. The quantitative estimate of drug-likeness (QED) is 0.234. The topological polar surface area (TPSA) is 156 Å². The normalized spacial score (nSPS) is 31.5. The number of nitrogens with two attached hydrogens (primary N) is 1. The number of carbonyl (C=O) groups is 3. The summed E-state index contributed by atoms with van der Waals surface area (Å²) in [7, 11) is 3.02. The summed E-state index contributed by atoms with van der Waals surface area (Å²) in [5.41, 5.74) is 5.92. The van der Waals surface area contributed by atoms with E-state index in [2.05, 4.69) is 13.5 Å². The number of carbonyl (C=O) groups excluding carboxylic acids is 3. The van der Waals surface area contributed by atoms with E-state index in [1.807, 2.05) is 56.3 Å². The number of amides is 1. The van der Waals surface area contributed by atoms with Gasteiger partial charge in [0.2, 0.25) is 0 Å². The first-order valence-corrected chi connectivity index (χ1v) is 18.5. The third-order valence-corrected chi connectivity index (χ3v) is 11.2. The zero-order chi connectivity index (χ0) is 39.0. The van der Waals surface area contributed by atoms with Gasteiger partial charge in [-0.05, 0) is 67.5 Å². The molecule has 5 unspecified atom stereocenters. The van der Waals surface area contributed by atoms with Crippen LogP contribution in [-0.2, 0) is 41.4 Å². The van der Waals surface area contributed by atoms with Crippen LogP contribution in [0.15, 0.2) is 84.0 Å². The summed E-state index contributed by atoms with van der Waals surface area (Å²) < 4.78 is 37.5. The minimum atomic E-state index is -1.86. The number of esters is 1. The molecule has 2 bridgehead atoms. The Labute approximate surface area is 316 Å². The molecule has 2 aliphatic heterocycles. The van der Waals surface area contributed by atoms with Crippen molar-refractivity contribution in [3.05, 3.63) is 95.1 Å². The highest BCUT2D eigenvalue weighted by Crippen LogP contribution is 2.60. The van der Waals surface area contributed by atoms with Crippen LogP contribution in [0.1, 0.15) is 51.7 Å². The molecule has 0 radical (unpaired) electrons. The Morgan fingerprint density at radius 3 is 2.50 bits per heavy atom. The van der Waals surface area contributed by atoms with Crippen LogP contribution >= 0.6 is 0 Å². The molecule has 54 heavy (non-hydrogen) atoms. The van der Waals surface area contributed by atoms with Crippen LogP contribution in [0.3, 0.4) is 0 Å². The van der Waals surface area contributed by atoms with E-state index in [-0.39, 0.29) is 55.6 Å². The Morgan fingerprint density at radius 2 is 1.81 bits per heavy atom. The van der Waals surface area contributed by atoms with Gasteiger partial charge in [0, 0.05) is 38.4 Å². The van der Waals surface area contributed by atoms with Crippen molar-refractivity contribution >= 4 is 17.8 Å². The maximum atomic E-state index is 14.0. The molecule has 2 aromatic rings. The number of likely N-dealkylation sites (N-methyl/N-ethyl adjacent to an activating group) is 1. The van der Waals surface area contributed by atoms with Gasteiger partial charge >= 0.3 is 12.1 Å². The molecule has 0 aromatic heterocycles. The van der Waals surface area contributed by atoms with Gasteiger partial charge < -0.3 is 44.2 Å². The number of ether oxygens (including phenoxy) is 6. The average Bonchev–Trinajstić information content (AvgIpc) is 3.22. The van der Waals surface area contributed by atoms with E-state index in [9.17, 15) is 19.5 Å². The van der Waals surface area contributed by atoms with Gasteiger partial charge in [0.1, 0.15) is 12.2 Å². The van der Waals surface area contributed by atoms with Crippen molar-refractivity contribution in [3.8, 4) is 11.5 Å². The van der Waals surface area contributed by atoms with Gasteiger partial charge in [0.15, 0.2) is 17.3 Å². The number of fused-ring (bicyclic) bond motifs is 2. The summed E-state index contributed by atoms with van der Waals surface area (Å²) >= 11 is 0. The lowest BCUT2D eigenvalue weighted by atomic mass is 9.62. The first kappa shape index (κ1) is 39.4. The number of Topliss-reactive ketones (excluding diaryl/α,β-unsaturated/α-hetero) is 1. The fourth-order valence-corrected chi connectivity index (χ4v) is 8.60. The standard InChI is InChI=1S/C42H52N2O10/c1-25(2)34-18-27(4)42-32(28(5)52-41(53-34,54-42)23-29-11-9-8-10-12-29)19-31(22-40(48)36(42)17-26(3)38(40)46)24-50-37(45)21-30-13-14-33(35(20-30)49-7)51-39(47)44(6)16-15-43/h8-14,17,19-20,27-28,32,34,36,48H,1,15-16,18,21-24,43H2,2-7H3/t27-,28?,32?,34-,36?,40?,41-,42?/m1/s1. The molecule has 2 aliphatic carbocycles. The summed E-state index contributed by atoms with van der Waals surface area (Å²) in [4.78, 5) is 41.0. The average molecular weight is 745 g/mol. The van der Waals surface area contributed by atoms with Gasteiger partial charge in [-0.2, -0.15) is 0 Å². The van der Waals surface area contributed by atoms with Gasteiger partial charge in [-0.1, -0.05) is 67.6 Å². The van der Waals surface area contributed by atoms with Crippen LogP contribution in [0.2, 0.25) is 0 Å². The Morgan fingerprint density at radius 1 is 1.07 bits per heavy atom. The number of nitrogens with zero attached hydrogens (tertiary/aromatic N) is 1. The highest BCUT2D eigenvalue weighted by atomic mass is 16.9. The smallest absolute Gasteiger partial charge is 0.415 e. The van der Waals surface area contributed by atoms with E-state index in [1.165, 1.54) is 12.0 Å². The van der Waals surface area contributed by atoms with E-state index in [4.69, 9.17) is 34.2 Å². The summed E-state index contributed by atoms with van der Waals surface area (Å²) in [6.45, 7) is 12.4. The molecular weight excluding hydrogens is 692 g/mol. The van der Waals surface area contributed by atoms with Crippen LogP contribution < -0.4 is 15.2 Å². The van der Waals surface area contributed by atoms with Crippen LogP contribution in [0.5, 0.6) is 11.5 Å². The second kappa shape index (κ2) is 15.4. The number of hydrogen-bond acceptors (Lipinski definition) is 11. The monoisotopic (exact) mass is 744 g/mol. The maximum Gasteiger partial charge on any atom is 0.415 e. The fraction of sp³-hybridized carbons (Fsp3) is 0.500. The zero-order valence-electron chi connectivity index (χ0n) is 32.0. The number of ketones is 1.